The lowest BCUT2D eigenvalue weighted by Crippen LogP contribution is -2.46. The van der Waals surface area contributed by atoms with Gasteiger partial charge in [0.05, 0.1) is 0 Å². The Morgan fingerprint density at radius 2 is 1.85 bits per heavy atom. The van der Waals surface area contributed by atoms with Crippen molar-refractivity contribution in [1.29, 1.82) is 0 Å². The van der Waals surface area contributed by atoms with Crippen molar-refractivity contribution in [2.75, 3.05) is 0 Å². The summed E-state index contributed by atoms with van der Waals surface area (Å²) in [5, 5.41) is 0. The molecule has 1 amide bonds. The van der Waals surface area contributed by atoms with E-state index in [1.54, 1.807) is 6.92 Å². The molecule has 0 bridgehead atoms. The molecule has 2 atom stereocenters. The first-order valence-corrected chi connectivity index (χ1v) is 4.92. The Morgan fingerprint density at radius 1 is 1.31 bits per heavy atom. The Morgan fingerprint density at radius 3 is 2.31 bits per heavy atom. The number of piperidine rings is 1. The largest absolute Gasteiger partial charge is 0.326 e. The van der Waals surface area contributed by atoms with E-state index in [4.69, 9.17) is 0 Å². The molecule has 1 heterocycles. The van der Waals surface area contributed by atoms with E-state index < -0.39 is 0 Å². The van der Waals surface area contributed by atoms with E-state index in [0.717, 1.165) is 12.8 Å². The highest BCUT2D eigenvalue weighted by Gasteiger charge is 2.27. The molecule has 1 rings (SSSR count). The van der Waals surface area contributed by atoms with Crippen molar-refractivity contribution < 1.29 is 4.79 Å². The third-order valence-corrected chi connectivity index (χ3v) is 2.66. The van der Waals surface area contributed by atoms with E-state index in [-0.39, 0.29) is 5.91 Å². The fourth-order valence-electron chi connectivity index (χ4n) is 1.99. The second-order valence-corrected chi connectivity index (χ2v) is 3.72. The van der Waals surface area contributed by atoms with Gasteiger partial charge in [-0.1, -0.05) is 5.92 Å². The summed E-state index contributed by atoms with van der Waals surface area (Å²) in [6, 6.07) is 0.717. The summed E-state index contributed by atoms with van der Waals surface area (Å²) in [5.41, 5.74) is 0. The lowest BCUT2D eigenvalue weighted by Gasteiger charge is -2.37. The van der Waals surface area contributed by atoms with Crippen molar-refractivity contribution in [3.05, 3.63) is 0 Å². The topological polar surface area (TPSA) is 20.3 Å². The number of hydrogen-bond acceptors (Lipinski definition) is 1. The van der Waals surface area contributed by atoms with Crippen molar-refractivity contribution >= 4 is 5.91 Å². The molecule has 0 aromatic carbocycles. The molecule has 1 saturated heterocycles. The molecule has 0 aliphatic carbocycles. The molecular formula is C11H17NO. The van der Waals surface area contributed by atoms with Gasteiger partial charge in [0.1, 0.15) is 0 Å². The predicted octanol–water partition coefficient (Wildman–Crippen LogP) is 1.80. The number of likely N-dealkylation sites (tertiary alicyclic amines) is 1. The van der Waals surface area contributed by atoms with Crippen molar-refractivity contribution in [2.45, 2.75) is 52.1 Å². The maximum Gasteiger partial charge on any atom is 0.298 e. The summed E-state index contributed by atoms with van der Waals surface area (Å²) in [7, 11) is 0. The monoisotopic (exact) mass is 179 g/mol. The van der Waals surface area contributed by atoms with Gasteiger partial charge in [0, 0.05) is 12.1 Å². The van der Waals surface area contributed by atoms with Crippen LogP contribution in [0, 0.1) is 11.8 Å². The van der Waals surface area contributed by atoms with E-state index in [0.29, 0.717) is 12.1 Å². The van der Waals surface area contributed by atoms with E-state index in [1.165, 1.54) is 6.42 Å². The van der Waals surface area contributed by atoms with Crippen LogP contribution in [0.15, 0.2) is 0 Å². The summed E-state index contributed by atoms with van der Waals surface area (Å²) in [6.07, 6.45) is 3.45. The van der Waals surface area contributed by atoms with Gasteiger partial charge in [-0.15, -0.1) is 0 Å². The van der Waals surface area contributed by atoms with Crippen LogP contribution in [0.3, 0.4) is 0 Å². The second-order valence-electron chi connectivity index (χ2n) is 3.72. The number of rotatable bonds is 0. The van der Waals surface area contributed by atoms with E-state index >= 15 is 0 Å². The Hall–Kier alpha value is -0.970. The zero-order chi connectivity index (χ0) is 9.84. The SMILES string of the molecule is CC#CC(=O)N1C(C)CCCC1C. The number of carbonyl (C=O) groups is 1. The first-order valence-electron chi connectivity index (χ1n) is 4.92. The molecule has 2 unspecified atom stereocenters. The Balaban J connectivity index is 2.71. The minimum atomic E-state index is -0.0119. The van der Waals surface area contributed by atoms with Crippen LogP contribution >= 0.6 is 0 Å². The predicted molar refractivity (Wildman–Crippen MR) is 53.1 cm³/mol. The van der Waals surface area contributed by atoms with Gasteiger partial charge in [0.15, 0.2) is 0 Å². The van der Waals surface area contributed by atoms with Gasteiger partial charge in [-0.2, -0.15) is 0 Å². The van der Waals surface area contributed by atoms with E-state index in [9.17, 15) is 4.79 Å². The smallest absolute Gasteiger partial charge is 0.298 e. The van der Waals surface area contributed by atoms with Crippen molar-refractivity contribution in [3.8, 4) is 11.8 Å². The van der Waals surface area contributed by atoms with Crippen LogP contribution < -0.4 is 0 Å². The molecule has 0 saturated carbocycles. The van der Waals surface area contributed by atoms with Crippen molar-refractivity contribution in [1.82, 2.24) is 4.90 Å². The Kier molecular flexibility index (Phi) is 3.36. The lowest BCUT2D eigenvalue weighted by atomic mass is 9.97. The molecular weight excluding hydrogens is 162 g/mol. The third kappa shape index (κ3) is 2.24. The van der Waals surface area contributed by atoms with Gasteiger partial charge in [-0.05, 0) is 46.0 Å². The Labute approximate surface area is 80.3 Å². The fraction of sp³-hybridized carbons (Fsp3) is 0.727. The maximum atomic E-state index is 11.6. The summed E-state index contributed by atoms with van der Waals surface area (Å²) < 4.78 is 0. The molecule has 1 aliphatic heterocycles. The number of nitrogens with zero attached hydrogens (tertiary/aromatic N) is 1. The van der Waals surface area contributed by atoms with Crippen LogP contribution in [0.2, 0.25) is 0 Å². The van der Waals surface area contributed by atoms with Gasteiger partial charge < -0.3 is 4.90 Å². The molecule has 0 radical (unpaired) electrons. The van der Waals surface area contributed by atoms with Crippen LogP contribution in [0.5, 0.6) is 0 Å². The van der Waals surface area contributed by atoms with Crippen molar-refractivity contribution in [3.63, 3.8) is 0 Å². The minimum absolute atomic E-state index is 0.0119. The summed E-state index contributed by atoms with van der Waals surface area (Å²) in [4.78, 5) is 13.5. The quantitative estimate of drug-likeness (QED) is 0.519. The zero-order valence-electron chi connectivity index (χ0n) is 8.63. The average Bonchev–Trinajstić information content (AvgIpc) is 2.04. The number of amides is 1. The molecule has 2 nitrogen and oxygen atoms in total. The lowest BCUT2D eigenvalue weighted by molar-refractivity contribution is -0.130. The summed E-state index contributed by atoms with van der Waals surface area (Å²) in [5.74, 6) is 5.27. The van der Waals surface area contributed by atoms with Crippen molar-refractivity contribution in [2.24, 2.45) is 0 Å². The van der Waals surface area contributed by atoms with Gasteiger partial charge in [-0.25, -0.2) is 0 Å². The van der Waals surface area contributed by atoms with Gasteiger partial charge in [0.25, 0.3) is 5.91 Å². The fourth-order valence-corrected chi connectivity index (χ4v) is 1.99. The first-order chi connectivity index (χ1) is 6.16. The molecule has 13 heavy (non-hydrogen) atoms. The summed E-state index contributed by atoms with van der Waals surface area (Å²) >= 11 is 0. The minimum Gasteiger partial charge on any atom is -0.326 e. The molecule has 2 heteroatoms. The summed E-state index contributed by atoms with van der Waals surface area (Å²) in [6.45, 7) is 5.91. The molecule has 0 N–H and O–H groups in total. The normalized spacial score (nSPS) is 27.8. The van der Waals surface area contributed by atoms with Crippen LogP contribution in [-0.4, -0.2) is 22.9 Å². The number of carbonyl (C=O) groups excluding carboxylic acids is 1. The highest BCUT2D eigenvalue weighted by molar-refractivity contribution is 5.93. The Bertz CT molecular complexity index is 239. The van der Waals surface area contributed by atoms with E-state index in [2.05, 4.69) is 25.7 Å². The van der Waals surface area contributed by atoms with E-state index in [1.807, 2.05) is 4.90 Å². The highest BCUT2D eigenvalue weighted by Crippen LogP contribution is 2.22. The zero-order valence-corrected chi connectivity index (χ0v) is 8.63. The molecule has 0 aromatic heterocycles. The van der Waals surface area contributed by atoms with Gasteiger partial charge in [-0.3, -0.25) is 4.79 Å². The van der Waals surface area contributed by atoms with Gasteiger partial charge >= 0.3 is 0 Å². The standard InChI is InChI=1S/C11H17NO/c1-4-6-11(13)12-9(2)7-5-8-10(12)3/h9-10H,5,7-8H2,1-3H3. The third-order valence-electron chi connectivity index (χ3n) is 2.66. The second kappa shape index (κ2) is 4.32. The highest BCUT2D eigenvalue weighted by atomic mass is 16.2. The molecule has 1 aliphatic rings. The molecule has 72 valence electrons. The molecule has 0 aromatic rings. The van der Waals surface area contributed by atoms with Crippen LogP contribution in [0.25, 0.3) is 0 Å². The first kappa shape index (κ1) is 10.1. The van der Waals surface area contributed by atoms with Crippen LogP contribution in [0.1, 0.15) is 40.0 Å². The molecule has 1 fully saturated rings. The maximum absolute atomic E-state index is 11.6. The average molecular weight is 179 g/mol. The molecule has 0 spiro atoms. The van der Waals surface area contributed by atoms with Crippen LogP contribution in [0.4, 0.5) is 0 Å². The number of hydrogen-bond donors (Lipinski definition) is 0. The van der Waals surface area contributed by atoms with Crippen LogP contribution in [-0.2, 0) is 4.79 Å². The van der Waals surface area contributed by atoms with Gasteiger partial charge in [0.2, 0.25) is 0 Å².